The SMILES string of the molecule is Cl.Cl.O=S(=O)(CCCF)NCCCN1CCNCC1. The molecule has 118 valence electrons. The minimum Gasteiger partial charge on any atom is -0.314 e. The Balaban J connectivity index is 0. The molecular weight excluding hydrogens is 316 g/mol. The second-order valence-corrected chi connectivity index (χ2v) is 6.13. The first-order valence-electron chi connectivity index (χ1n) is 6.10. The highest BCUT2D eigenvalue weighted by molar-refractivity contribution is 7.89. The maximum absolute atomic E-state index is 11.8. The number of rotatable bonds is 8. The average Bonchev–Trinajstić information content (AvgIpc) is 2.34. The fraction of sp³-hybridized carbons (Fsp3) is 1.00. The van der Waals surface area contributed by atoms with E-state index in [9.17, 15) is 12.8 Å². The van der Waals surface area contributed by atoms with Crippen LogP contribution in [0.3, 0.4) is 0 Å². The van der Waals surface area contributed by atoms with E-state index in [2.05, 4.69) is 14.9 Å². The van der Waals surface area contributed by atoms with E-state index in [1.807, 2.05) is 0 Å². The topological polar surface area (TPSA) is 61.4 Å². The number of nitrogens with zero attached hydrogens (tertiary/aromatic N) is 1. The standard InChI is InChI=1S/C10H22FN3O2S.2ClH/c11-3-1-10-17(15,16)13-4-2-7-14-8-5-12-6-9-14;;/h12-13H,1-10H2;2*1H. The van der Waals surface area contributed by atoms with Crippen LogP contribution in [0, 0.1) is 0 Å². The Morgan fingerprint density at radius 1 is 1.16 bits per heavy atom. The van der Waals surface area contributed by atoms with E-state index in [0.29, 0.717) is 6.54 Å². The molecule has 0 aromatic rings. The second-order valence-electron chi connectivity index (χ2n) is 4.20. The van der Waals surface area contributed by atoms with Gasteiger partial charge in [0.2, 0.25) is 10.0 Å². The molecule has 0 bridgehead atoms. The third kappa shape index (κ3) is 10.8. The fourth-order valence-corrected chi connectivity index (χ4v) is 2.87. The lowest BCUT2D eigenvalue weighted by Gasteiger charge is -2.27. The minimum absolute atomic E-state index is 0. The molecule has 0 radical (unpaired) electrons. The Morgan fingerprint density at radius 2 is 1.79 bits per heavy atom. The largest absolute Gasteiger partial charge is 0.314 e. The van der Waals surface area contributed by atoms with Crippen molar-refractivity contribution in [2.75, 3.05) is 51.7 Å². The normalized spacial score (nSPS) is 16.5. The number of sulfonamides is 1. The van der Waals surface area contributed by atoms with Crippen LogP contribution in [-0.4, -0.2) is 65.0 Å². The van der Waals surface area contributed by atoms with E-state index in [-0.39, 0.29) is 37.0 Å². The molecule has 19 heavy (non-hydrogen) atoms. The van der Waals surface area contributed by atoms with E-state index in [4.69, 9.17) is 0 Å². The van der Waals surface area contributed by atoms with Gasteiger partial charge in [0.25, 0.3) is 0 Å². The predicted molar refractivity (Wildman–Crippen MR) is 80.8 cm³/mol. The smallest absolute Gasteiger partial charge is 0.211 e. The first-order valence-corrected chi connectivity index (χ1v) is 7.76. The molecule has 9 heteroatoms. The summed E-state index contributed by atoms with van der Waals surface area (Å²) in [6.45, 7) is 4.82. The number of hydrogen-bond acceptors (Lipinski definition) is 4. The van der Waals surface area contributed by atoms with Crippen LogP contribution >= 0.6 is 24.8 Å². The quantitative estimate of drug-likeness (QED) is 0.628. The number of halogens is 3. The first kappa shape index (κ1) is 21.6. The van der Waals surface area contributed by atoms with Gasteiger partial charge >= 0.3 is 0 Å². The van der Waals surface area contributed by atoms with Crippen LogP contribution in [0.25, 0.3) is 0 Å². The van der Waals surface area contributed by atoms with Crippen LogP contribution in [0.2, 0.25) is 0 Å². The van der Waals surface area contributed by atoms with Crippen molar-refractivity contribution in [2.24, 2.45) is 0 Å². The molecule has 5 nitrogen and oxygen atoms in total. The molecule has 1 saturated heterocycles. The zero-order chi connectivity index (χ0) is 12.6. The Bertz CT molecular complexity index is 301. The summed E-state index contributed by atoms with van der Waals surface area (Å²) >= 11 is 0. The molecule has 0 amide bonds. The lowest BCUT2D eigenvalue weighted by molar-refractivity contribution is 0.239. The highest BCUT2D eigenvalue weighted by Crippen LogP contribution is 1.95. The summed E-state index contributed by atoms with van der Waals surface area (Å²) in [5.41, 5.74) is 0. The van der Waals surface area contributed by atoms with Crippen LogP contribution < -0.4 is 10.0 Å². The van der Waals surface area contributed by atoms with Gasteiger partial charge in [0.05, 0.1) is 12.4 Å². The average molecular weight is 340 g/mol. The van der Waals surface area contributed by atoms with Crippen molar-refractivity contribution in [1.82, 2.24) is 14.9 Å². The summed E-state index contributed by atoms with van der Waals surface area (Å²) in [6, 6.07) is 0. The Labute approximate surface area is 127 Å². The van der Waals surface area contributed by atoms with E-state index in [0.717, 1.165) is 39.1 Å². The molecule has 2 N–H and O–H groups in total. The molecule has 1 fully saturated rings. The lowest BCUT2D eigenvalue weighted by atomic mass is 10.3. The maximum atomic E-state index is 11.8. The van der Waals surface area contributed by atoms with Gasteiger partial charge in [-0.25, -0.2) is 13.1 Å². The van der Waals surface area contributed by atoms with Gasteiger partial charge in [0.1, 0.15) is 0 Å². The zero-order valence-corrected chi connectivity index (χ0v) is 13.4. The maximum Gasteiger partial charge on any atom is 0.211 e. The molecule has 1 aliphatic heterocycles. The Morgan fingerprint density at radius 3 is 2.37 bits per heavy atom. The molecule has 0 aromatic heterocycles. The van der Waals surface area contributed by atoms with Crippen molar-refractivity contribution in [3.63, 3.8) is 0 Å². The van der Waals surface area contributed by atoms with E-state index < -0.39 is 16.7 Å². The number of piperazine rings is 1. The third-order valence-electron chi connectivity index (χ3n) is 2.73. The molecule has 0 aromatic carbocycles. The number of nitrogens with one attached hydrogen (secondary N) is 2. The summed E-state index contributed by atoms with van der Waals surface area (Å²) in [7, 11) is -3.27. The van der Waals surface area contributed by atoms with Crippen molar-refractivity contribution in [3.8, 4) is 0 Å². The van der Waals surface area contributed by atoms with Gasteiger partial charge in [-0.2, -0.15) is 0 Å². The molecule has 1 aliphatic rings. The number of alkyl halides is 1. The van der Waals surface area contributed by atoms with Crippen molar-refractivity contribution < 1.29 is 12.8 Å². The van der Waals surface area contributed by atoms with Crippen LogP contribution in [0.4, 0.5) is 4.39 Å². The molecular formula is C10H24Cl2FN3O2S. The molecule has 1 rings (SSSR count). The lowest BCUT2D eigenvalue weighted by Crippen LogP contribution is -2.44. The van der Waals surface area contributed by atoms with Gasteiger partial charge in [-0.3, -0.25) is 4.39 Å². The first-order chi connectivity index (χ1) is 8.14. The van der Waals surface area contributed by atoms with E-state index in [1.165, 1.54) is 0 Å². The predicted octanol–water partition coefficient (Wildman–Crippen LogP) is 0.404. The van der Waals surface area contributed by atoms with Gasteiger partial charge < -0.3 is 10.2 Å². The van der Waals surface area contributed by atoms with Gasteiger partial charge in [0.15, 0.2) is 0 Å². The fourth-order valence-electron chi connectivity index (χ4n) is 1.78. The summed E-state index contributed by atoms with van der Waals surface area (Å²) in [5.74, 6) is -0.114. The van der Waals surface area contributed by atoms with Crippen molar-refractivity contribution in [2.45, 2.75) is 12.8 Å². The highest BCUT2D eigenvalue weighted by atomic mass is 35.5. The van der Waals surface area contributed by atoms with Gasteiger partial charge in [-0.15, -0.1) is 24.8 Å². The van der Waals surface area contributed by atoms with Crippen LogP contribution in [-0.2, 0) is 10.0 Å². The van der Waals surface area contributed by atoms with Gasteiger partial charge in [-0.1, -0.05) is 0 Å². The van der Waals surface area contributed by atoms with Crippen molar-refractivity contribution in [1.29, 1.82) is 0 Å². The third-order valence-corrected chi connectivity index (χ3v) is 4.20. The van der Waals surface area contributed by atoms with Crippen molar-refractivity contribution >= 4 is 34.8 Å². The molecule has 0 spiro atoms. The molecule has 0 aliphatic carbocycles. The molecule has 1 heterocycles. The molecule has 0 unspecified atom stereocenters. The molecule has 0 saturated carbocycles. The second kappa shape index (κ2) is 12.1. The van der Waals surface area contributed by atoms with Crippen molar-refractivity contribution in [3.05, 3.63) is 0 Å². The van der Waals surface area contributed by atoms with Gasteiger partial charge in [0, 0.05) is 32.7 Å². The van der Waals surface area contributed by atoms with E-state index in [1.54, 1.807) is 0 Å². The summed E-state index contributed by atoms with van der Waals surface area (Å²) < 4.78 is 37.0. The molecule has 0 atom stereocenters. The van der Waals surface area contributed by atoms with Crippen LogP contribution in [0.5, 0.6) is 0 Å². The summed E-state index contributed by atoms with van der Waals surface area (Å²) in [4.78, 5) is 2.31. The highest BCUT2D eigenvalue weighted by Gasteiger charge is 2.11. The summed E-state index contributed by atoms with van der Waals surface area (Å²) in [6.07, 6.45) is 0.877. The Hall–Kier alpha value is 0.340. The van der Waals surface area contributed by atoms with Crippen LogP contribution in [0.15, 0.2) is 0 Å². The number of hydrogen-bond donors (Lipinski definition) is 2. The summed E-state index contributed by atoms with van der Waals surface area (Å²) in [5, 5.41) is 3.26. The van der Waals surface area contributed by atoms with E-state index >= 15 is 0 Å². The minimum atomic E-state index is -3.27. The Kier molecular flexibility index (Phi) is 13.8. The zero-order valence-electron chi connectivity index (χ0n) is 10.9. The van der Waals surface area contributed by atoms with Crippen LogP contribution in [0.1, 0.15) is 12.8 Å². The monoisotopic (exact) mass is 339 g/mol. The van der Waals surface area contributed by atoms with Gasteiger partial charge in [-0.05, 0) is 19.4 Å².